The van der Waals surface area contributed by atoms with Gasteiger partial charge >= 0.3 is 0 Å². The molecule has 0 aliphatic carbocycles. The Bertz CT molecular complexity index is 1110. The Balaban J connectivity index is 1.63. The second-order valence-corrected chi connectivity index (χ2v) is 8.10. The molecule has 1 amide bonds. The fourth-order valence-electron chi connectivity index (χ4n) is 3.38. The Hall–Kier alpha value is -2.81. The average Bonchev–Trinajstić information content (AvgIpc) is 3.09. The highest BCUT2D eigenvalue weighted by molar-refractivity contribution is 7.20. The van der Waals surface area contributed by atoms with Crippen molar-refractivity contribution in [3.63, 3.8) is 0 Å². The summed E-state index contributed by atoms with van der Waals surface area (Å²) in [7, 11) is 0. The van der Waals surface area contributed by atoms with Crippen LogP contribution in [-0.4, -0.2) is 33.6 Å². The lowest BCUT2D eigenvalue weighted by Gasteiger charge is -2.30. The van der Waals surface area contributed by atoms with Crippen LogP contribution in [0, 0.1) is 18.7 Å². The molecule has 3 heterocycles. The second kappa shape index (κ2) is 7.31. The van der Waals surface area contributed by atoms with Crippen LogP contribution in [0.25, 0.3) is 4.96 Å². The molecule has 0 spiro atoms. The molecule has 0 unspecified atom stereocenters. The zero-order valence-electron chi connectivity index (χ0n) is 15.6. The largest absolute Gasteiger partial charge is 0.346 e. The van der Waals surface area contributed by atoms with Gasteiger partial charge in [0.15, 0.2) is 0 Å². The lowest BCUT2D eigenvalue weighted by Crippen LogP contribution is -2.34. The zero-order valence-corrected chi connectivity index (χ0v) is 16.4. The summed E-state index contributed by atoms with van der Waals surface area (Å²) in [6, 6.07) is 4.03. The maximum Gasteiger partial charge on any atom is 0.288 e. The first kappa shape index (κ1) is 18.5. The number of amides is 1. The predicted molar refractivity (Wildman–Crippen MR) is 107 cm³/mol. The third kappa shape index (κ3) is 3.49. The number of hydrogen-bond donors (Lipinski definition) is 1. The number of benzene rings is 1. The van der Waals surface area contributed by atoms with Crippen molar-refractivity contribution in [1.82, 2.24) is 14.6 Å². The normalized spacial score (nSPS) is 17.1. The van der Waals surface area contributed by atoms with E-state index in [-0.39, 0.29) is 11.4 Å². The number of nitrogens with one attached hydrogen (secondary N) is 1. The van der Waals surface area contributed by atoms with Crippen molar-refractivity contribution in [2.75, 3.05) is 23.3 Å². The standard InChI is InChI=1S/C19H20FN5O2S/c1-11-4-3-7-24(10-11)19-23-25-17(27)14(9-21-18(25)28-19)16(26)22-15-6-5-13(20)8-12(15)2/h5-6,8-9,11H,3-4,7,10H2,1-2H3,(H,22,26)/t11-/m0/s1. The topological polar surface area (TPSA) is 79.6 Å². The van der Waals surface area contributed by atoms with Gasteiger partial charge in [-0.3, -0.25) is 9.59 Å². The van der Waals surface area contributed by atoms with Gasteiger partial charge in [0, 0.05) is 25.0 Å². The number of carbonyl (C=O) groups is 1. The average molecular weight is 401 g/mol. The summed E-state index contributed by atoms with van der Waals surface area (Å²) in [5.41, 5.74) is 0.384. The van der Waals surface area contributed by atoms with Gasteiger partial charge in [0.1, 0.15) is 11.4 Å². The van der Waals surface area contributed by atoms with Crippen LogP contribution in [0.15, 0.2) is 29.2 Å². The van der Waals surface area contributed by atoms with Crippen LogP contribution in [0.2, 0.25) is 0 Å². The van der Waals surface area contributed by atoms with Crippen LogP contribution in [-0.2, 0) is 0 Å². The molecule has 1 aromatic carbocycles. The van der Waals surface area contributed by atoms with Crippen molar-refractivity contribution in [3.8, 4) is 0 Å². The molecule has 1 saturated heterocycles. The third-order valence-corrected chi connectivity index (χ3v) is 5.87. The van der Waals surface area contributed by atoms with E-state index in [0.717, 1.165) is 24.6 Å². The molecule has 1 atom stereocenters. The van der Waals surface area contributed by atoms with E-state index in [1.54, 1.807) is 6.92 Å². The van der Waals surface area contributed by atoms with E-state index < -0.39 is 11.5 Å². The fourth-order valence-corrected chi connectivity index (χ4v) is 4.28. The van der Waals surface area contributed by atoms with Gasteiger partial charge in [-0.25, -0.2) is 9.37 Å². The number of halogens is 1. The number of aryl methyl sites for hydroxylation is 1. The van der Waals surface area contributed by atoms with Crippen LogP contribution in [0.5, 0.6) is 0 Å². The van der Waals surface area contributed by atoms with Crippen molar-refractivity contribution in [1.29, 1.82) is 0 Å². The molecule has 1 N–H and O–H groups in total. The van der Waals surface area contributed by atoms with Gasteiger partial charge < -0.3 is 10.2 Å². The molecule has 1 fully saturated rings. The van der Waals surface area contributed by atoms with Gasteiger partial charge in [0.05, 0.1) is 0 Å². The van der Waals surface area contributed by atoms with Crippen molar-refractivity contribution in [2.24, 2.45) is 5.92 Å². The molecule has 146 valence electrons. The summed E-state index contributed by atoms with van der Waals surface area (Å²) in [6.07, 6.45) is 3.55. The highest BCUT2D eigenvalue weighted by Crippen LogP contribution is 2.26. The Morgan fingerprint density at radius 2 is 2.21 bits per heavy atom. The van der Waals surface area contributed by atoms with Crippen LogP contribution in [0.1, 0.15) is 35.7 Å². The molecule has 28 heavy (non-hydrogen) atoms. The Labute approximate surface area is 164 Å². The molecule has 0 saturated carbocycles. The number of nitrogens with zero attached hydrogens (tertiary/aromatic N) is 4. The van der Waals surface area contributed by atoms with Gasteiger partial charge in [-0.2, -0.15) is 4.52 Å². The van der Waals surface area contributed by atoms with Crippen LogP contribution in [0.3, 0.4) is 0 Å². The summed E-state index contributed by atoms with van der Waals surface area (Å²) in [5, 5.41) is 7.79. The van der Waals surface area contributed by atoms with E-state index >= 15 is 0 Å². The minimum absolute atomic E-state index is 0.106. The summed E-state index contributed by atoms with van der Waals surface area (Å²) in [5.74, 6) is -0.408. The van der Waals surface area contributed by atoms with Gasteiger partial charge in [-0.1, -0.05) is 18.3 Å². The molecule has 1 aliphatic heterocycles. The second-order valence-electron chi connectivity index (χ2n) is 7.16. The van der Waals surface area contributed by atoms with E-state index in [2.05, 4.69) is 27.2 Å². The first-order valence-corrected chi connectivity index (χ1v) is 9.95. The number of rotatable bonds is 3. The smallest absolute Gasteiger partial charge is 0.288 e. The number of piperidine rings is 1. The first-order chi connectivity index (χ1) is 13.4. The highest BCUT2D eigenvalue weighted by Gasteiger charge is 2.22. The number of fused-ring (bicyclic) bond motifs is 1. The molecule has 9 heteroatoms. The number of carbonyl (C=O) groups excluding carboxylic acids is 1. The van der Waals surface area contributed by atoms with Gasteiger partial charge in [0.25, 0.3) is 11.5 Å². The highest BCUT2D eigenvalue weighted by atomic mass is 32.1. The summed E-state index contributed by atoms with van der Waals surface area (Å²) >= 11 is 1.34. The minimum atomic E-state index is -0.595. The zero-order chi connectivity index (χ0) is 19.8. The molecule has 0 bridgehead atoms. The maximum absolute atomic E-state index is 13.2. The van der Waals surface area contributed by atoms with Crippen molar-refractivity contribution in [2.45, 2.75) is 26.7 Å². The lowest BCUT2D eigenvalue weighted by atomic mass is 10.0. The third-order valence-electron chi connectivity index (χ3n) is 4.88. The summed E-state index contributed by atoms with van der Waals surface area (Å²) < 4.78 is 14.4. The van der Waals surface area contributed by atoms with Crippen LogP contribution >= 0.6 is 11.3 Å². The van der Waals surface area contributed by atoms with Gasteiger partial charge in [-0.05, 0) is 49.4 Å². The van der Waals surface area contributed by atoms with Crippen LogP contribution < -0.4 is 15.8 Å². The molecular formula is C19H20FN5O2S. The minimum Gasteiger partial charge on any atom is -0.346 e. The van der Waals surface area contributed by atoms with Crippen molar-refractivity contribution >= 4 is 33.0 Å². The number of aromatic nitrogens is 3. The van der Waals surface area contributed by atoms with E-state index in [9.17, 15) is 14.0 Å². The molecule has 3 aromatic rings. The van der Waals surface area contributed by atoms with Gasteiger partial charge in [-0.15, -0.1) is 5.10 Å². The van der Waals surface area contributed by atoms with Gasteiger partial charge in [0.2, 0.25) is 10.1 Å². The first-order valence-electron chi connectivity index (χ1n) is 9.13. The van der Waals surface area contributed by atoms with E-state index in [1.165, 1.54) is 46.7 Å². The van der Waals surface area contributed by atoms with E-state index in [4.69, 9.17) is 0 Å². The summed E-state index contributed by atoms with van der Waals surface area (Å²) in [4.78, 5) is 32.2. The summed E-state index contributed by atoms with van der Waals surface area (Å²) in [6.45, 7) is 5.67. The fraction of sp³-hybridized carbons (Fsp3) is 0.368. The Morgan fingerprint density at radius 1 is 1.39 bits per heavy atom. The maximum atomic E-state index is 13.2. The molecule has 2 aromatic heterocycles. The SMILES string of the molecule is Cc1cc(F)ccc1NC(=O)c1cnc2sc(N3CCC[C@H](C)C3)nn2c1=O. The monoisotopic (exact) mass is 401 g/mol. The van der Waals surface area contributed by atoms with Crippen molar-refractivity contribution < 1.29 is 9.18 Å². The van der Waals surface area contributed by atoms with E-state index in [1.807, 2.05) is 0 Å². The molecular weight excluding hydrogens is 381 g/mol. The van der Waals surface area contributed by atoms with E-state index in [0.29, 0.717) is 22.1 Å². The predicted octanol–water partition coefficient (Wildman–Crippen LogP) is 3.09. The molecule has 4 rings (SSSR count). The number of hydrogen-bond acceptors (Lipinski definition) is 6. The lowest BCUT2D eigenvalue weighted by molar-refractivity contribution is 0.102. The molecule has 7 nitrogen and oxygen atoms in total. The Morgan fingerprint density at radius 3 is 2.96 bits per heavy atom. The van der Waals surface area contributed by atoms with Crippen LogP contribution in [0.4, 0.5) is 15.2 Å². The number of anilines is 2. The molecule has 0 radical (unpaired) electrons. The molecule has 1 aliphatic rings. The van der Waals surface area contributed by atoms with Crippen molar-refractivity contribution in [3.05, 3.63) is 51.7 Å². The quantitative estimate of drug-likeness (QED) is 0.730. The Kier molecular flexibility index (Phi) is 4.84.